The Hall–Kier alpha value is -2.17. The van der Waals surface area contributed by atoms with Gasteiger partial charge in [0.15, 0.2) is 0 Å². The number of methoxy groups -OCH3 is 1. The van der Waals surface area contributed by atoms with E-state index in [0.29, 0.717) is 44.8 Å². The van der Waals surface area contributed by atoms with Gasteiger partial charge < -0.3 is 14.5 Å². The first-order valence-corrected chi connectivity index (χ1v) is 12.6. The van der Waals surface area contributed by atoms with Crippen molar-refractivity contribution < 1.29 is 22.7 Å². The zero-order valence-corrected chi connectivity index (χ0v) is 20.6. The van der Waals surface area contributed by atoms with Crippen LogP contribution in [0.4, 0.5) is 0 Å². The summed E-state index contributed by atoms with van der Waals surface area (Å²) in [5.74, 6) is 0.0506. The maximum atomic E-state index is 13.2. The number of amides is 2. The summed E-state index contributed by atoms with van der Waals surface area (Å²) >= 11 is 0. The van der Waals surface area contributed by atoms with Gasteiger partial charge in [0.05, 0.1) is 13.7 Å². The van der Waals surface area contributed by atoms with Gasteiger partial charge in [-0.25, -0.2) is 13.1 Å². The quantitative estimate of drug-likeness (QED) is 0.588. The van der Waals surface area contributed by atoms with Crippen molar-refractivity contribution in [3.63, 3.8) is 0 Å². The molecule has 0 atom stereocenters. The maximum Gasteiger partial charge on any atom is 0.253 e. The molecule has 0 bridgehead atoms. The van der Waals surface area contributed by atoms with Gasteiger partial charge in [-0.1, -0.05) is 0 Å². The molecule has 2 rings (SSSR count). The Balaban J connectivity index is 2.14. The van der Waals surface area contributed by atoms with E-state index >= 15 is 0 Å². The first kappa shape index (κ1) is 26.1. The molecule has 1 aromatic rings. The monoisotopic (exact) mass is 468 g/mol. The summed E-state index contributed by atoms with van der Waals surface area (Å²) in [6, 6.07) is 4.18. The third-order valence-corrected chi connectivity index (χ3v) is 7.12. The smallest absolute Gasteiger partial charge is 0.253 e. The highest BCUT2D eigenvalue weighted by molar-refractivity contribution is 7.89. The molecule has 1 aliphatic heterocycles. The Morgan fingerprint density at radius 1 is 1.12 bits per heavy atom. The molecule has 2 amide bonds. The fourth-order valence-corrected chi connectivity index (χ4v) is 5.22. The minimum absolute atomic E-state index is 0.0548. The van der Waals surface area contributed by atoms with Crippen LogP contribution in [0, 0.1) is 0 Å². The number of hydrogen-bond donors (Lipinski definition) is 1. The number of ether oxygens (including phenoxy) is 1. The van der Waals surface area contributed by atoms with E-state index in [-0.39, 0.29) is 28.5 Å². The predicted molar refractivity (Wildman–Crippen MR) is 123 cm³/mol. The molecule has 32 heavy (non-hydrogen) atoms. The molecule has 0 saturated carbocycles. The summed E-state index contributed by atoms with van der Waals surface area (Å²) in [6.07, 6.45) is 0.744. The third kappa shape index (κ3) is 6.66. The fraction of sp³-hybridized carbons (Fsp3) is 0.636. The van der Waals surface area contributed by atoms with Crippen molar-refractivity contribution in [1.29, 1.82) is 0 Å². The Morgan fingerprint density at radius 2 is 1.81 bits per heavy atom. The highest BCUT2D eigenvalue weighted by atomic mass is 32.2. The molecule has 10 heteroatoms. The number of carbonyl (C=O) groups excluding carboxylic acids is 2. The van der Waals surface area contributed by atoms with Crippen LogP contribution >= 0.6 is 0 Å². The van der Waals surface area contributed by atoms with E-state index in [4.69, 9.17) is 4.74 Å². The molecule has 1 N–H and O–H groups in total. The minimum Gasteiger partial charge on any atom is -0.495 e. The molecule has 9 nitrogen and oxygen atoms in total. The van der Waals surface area contributed by atoms with Gasteiger partial charge in [0, 0.05) is 50.9 Å². The highest BCUT2D eigenvalue weighted by Gasteiger charge is 2.26. The molecule has 1 fully saturated rings. The number of carbonyl (C=O) groups is 2. The summed E-state index contributed by atoms with van der Waals surface area (Å²) in [6.45, 7) is 11.4. The summed E-state index contributed by atoms with van der Waals surface area (Å²) in [7, 11) is -2.43. The molecule has 0 spiro atoms. The summed E-state index contributed by atoms with van der Waals surface area (Å²) in [5, 5.41) is 0. The molecule has 1 aromatic carbocycles. The number of rotatable bonds is 9. The van der Waals surface area contributed by atoms with Gasteiger partial charge in [-0.2, -0.15) is 0 Å². The lowest BCUT2D eigenvalue weighted by Crippen LogP contribution is -2.42. The van der Waals surface area contributed by atoms with Crippen molar-refractivity contribution in [3.05, 3.63) is 23.8 Å². The van der Waals surface area contributed by atoms with Crippen LogP contribution in [0.25, 0.3) is 0 Å². The molecule has 1 heterocycles. The van der Waals surface area contributed by atoms with Crippen LogP contribution in [-0.2, 0) is 14.8 Å². The molecule has 0 unspecified atom stereocenters. The average molecular weight is 469 g/mol. The zero-order valence-electron chi connectivity index (χ0n) is 19.8. The van der Waals surface area contributed by atoms with E-state index in [2.05, 4.69) is 9.62 Å². The average Bonchev–Trinajstić information content (AvgIpc) is 2.98. The van der Waals surface area contributed by atoms with E-state index in [1.54, 1.807) is 29.7 Å². The Bertz CT molecular complexity index is 900. The highest BCUT2D eigenvalue weighted by Crippen LogP contribution is 2.26. The molecular formula is C22H36N4O5S. The lowest BCUT2D eigenvalue weighted by Gasteiger charge is -2.25. The second-order valence-corrected chi connectivity index (χ2v) is 9.81. The topological polar surface area (TPSA) is 99.3 Å². The van der Waals surface area contributed by atoms with Gasteiger partial charge in [0.1, 0.15) is 10.6 Å². The van der Waals surface area contributed by atoms with E-state index in [1.807, 2.05) is 13.8 Å². The van der Waals surface area contributed by atoms with E-state index in [0.717, 1.165) is 13.0 Å². The predicted octanol–water partition coefficient (Wildman–Crippen LogP) is 1.40. The first-order valence-electron chi connectivity index (χ1n) is 11.1. The molecule has 1 saturated heterocycles. The number of likely N-dealkylation sites (N-methyl/N-ethyl adjacent to an activating group) is 1. The third-order valence-electron chi connectivity index (χ3n) is 5.44. The van der Waals surface area contributed by atoms with Crippen LogP contribution in [0.1, 0.15) is 44.5 Å². The van der Waals surface area contributed by atoms with Crippen molar-refractivity contribution in [3.8, 4) is 5.75 Å². The van der Waals surface area contributed by atoms with Gasteiger partial charge in [0.25, 0.3) is 5.91 Å². The van der Waals surface area contributed by atoms with Gasteiger partial charge in [0.2, 0.25) is 15.9 Å². The number of hydrogen-bond acceptors (Lipinski definition) is 6. The number of sulfonamides is 1. The molecule has 0 aromatic heterocycles. The van der Waals surface area contributed by atoms with Crippen LogP contribution < -0.4 is 9.46 Å². The lowest BCUT2D eigenvalue weighted by atomic mass is 10.2. The zero-order chi connectivity index (χ0) is 23.9. The van der Waals surface area contributed by atoms with Gasteiger partial charge in [-0.05, 0) is 52.3 Å². The van der Waals surface area contributed by atoms with Gasteiger partial charge in [-0.3, -0.25) is 14.5 Å². The Kier molecular flexibility index (Phi) is 9.47. The first-order chi connectivity index (χ1) is 15.1. The Morgan fingerprint density at radius 3 is 2.41 bits per heavy atom. The van der Waals surface area contributed by atoms with Crippen LogP contribution in [0.15, 0.2) is 23.1 Å². The largest absolute Gasteiger partial charge is 0.495 e. The molecule has 1 aliphatic rings. The fourth-order valence-electron chi connectivity index (χ4n) is 3.78. The molecular weight excluding hydrogens is 432 g/mol. The van der Waals surface area contributed by atoms with Crippen molar-refractivity contribution >= 4 is 21.8 Å². The van der Waals surface area contributed by atoms with Crippen LogP contribution in [0.3, 0.4) is 0 Å². The van der Waals surface area contributed by atoms with Crippen molar-refractivity contribution in [2.24, 2.45) is 0 Å². The van der Waals surface area contributed by atoms with Crippen molar-refractivity contribution in [2.45, 2.75) is 45.1 Å². The van der Waals surface area contributed by atoms with E-state index < -0.39 is 10.0 Å². The number of nitrogens with one attached hydrogen (secondary N) is 1. The van der Waals surface area contributed by atoms with Gasteiger partial charge in [-0.15, -0.1) is 0 Å². The normalized spacial score (nSPS) is 15.5. The van der Waals surface area contributed by atoms with Gasteiger partial charge >= 0.3 is 0 Å². The maximum absolute atomic E-state index is 13.2. The number of benzene rings is 1. The van der Waals surface area contributed by atoms with Crippen molar-refractivity contribution in [1.82, 2.24) is 19.4 Å². The standard InChI is InChI=1S/C22H36N4O5S/c1-6-25(7-2)21(27)16-24-11-8-12-26(14-13-24)22(28)18-9-10-19(31-5)20(15-18)32(29,30)23-17(3)4/h9-10,15,17,23H,6-8,11-14,16H2,1-5H3. The minimum atomic E-state index is -3.83. The molecule has 0 aliphatic carbocycles. The van der Waals surface area contributed by atoms with Crippen molar-refractivity contribution in [2.75, 3.05) is 52.9 Å². The Labute approximate surface area is 191 Å². The van der Waals surface area contributed by atoms with Crippen LogP contribution in [0.5, 0.6) is 5.75 Å². The summed E-state index contributed by atoms with van der Waals surface area (Å²) < 4.78 is 33.2. The summed E-state index contributed by atoms with van der Waals surface area (Å²) in [4.78, 5) is 31.1. The second kappa shape index (κ2) is 11.6. The van der Waals surface area contributed by atoms with E-state index in [1.165, 1.54) is 19.2 Å². The number of nitrogens with zero attached hydrogens (tertiary/aromatic N) is 3. The molecule has 0 radical (unpaired) electrons. The van der Waals surface area contributed by atoms with Crippen LogP contribution in [-0.4, -0.2) is 93.9 Å². The van der Waals surface area contributed by atoms with Crippen LogP contribution in [0.2, 0.25) is 0 Å². The van der Waals surface area contributed by atoms with E-state index in [9.17, 15) is 18.0 Å². The SMILES string of the molecule is CCN(CC)C(=O)CN1CCCN(C(=O)c2ccc(OC)c(S(=O)(=O)NC(C)C)c2)CC1. The molecule has 180 valence electrons. The lowest BCUT2D eigenvalue weighted by molar-refractivity contribution is -0.132. The summed E-state index contributed by atoms with van der Waals surface area (Å²) in [5.41, 5.74) is 0.294. The second-order valence-electron chi connectivity index (χ2n) is 8.13.